The predicted molar refractivity (Wildman–Crippen MR) is 112 cm³/mol. The van der Waals surface area contributed by atoms with Crippen LogP contribution in [0.1, 0.15) is 36.0 Å². The number of benzene rings is 2. The van der Waals surface area contributed by atoms with Crippen molar-refractivity contribution in [3.63, 3.8) is 0 Å². The second-order valence-corrected chi connectivity index (χ2v) is 7.62. The number of piperidine rings is 1. The number of rotatable bonds is 4. The van der Waals surface area contributed by atoms with Crippen molar-refractivity contribution in [3.05, 3.63) is 60.2 Å². The first-order valence-electron chi connectivity index (χ1n) is 10.2. The molecule has 0 aliphatic carbocycles. The zero-order chi connectivity index (χ0) is 20.2. The number of likely N-dealkylation sites (tertiary alicyclic amines) is 1. The van der Waals surface area contributed by atoms with Crippen molar-refractivity contribution in [1.82, 2.24) is 4.90 Å². The first-order valence-corrected chi connectivity index (χ1v) is 10.2. The molecule has 2 fully saturated rings. The molecule has 2 aliphatic heterocycles. The van der Waals surface area contributed by atoms with Crippen LogP contribution in [0, 0.1) is 5.92 Å². The highest BCUT2D eigenvalue weighted by atomic mass is 16.2. The summed E-state index contributed by atoms with van der Waals surface area (Å²) in [6.45, 7) is 1.88. The Hall–Kier alpha value is -3.15. The van der Waals surface area contributed by atoms with Gasteiger partial charge < -0.3 is 15.1 Å². The van der Waals surface area contributed by atoms with Crippen LogP contribution < -0.4 is 10.2 Å². The van der Waals surface area contributed by atoms with E-state index in [9.17, 15) is 14.4 Å². The van der Waals surface area contributed by atoms with Gasteiger partial charge in [0.1, 0.15) is 0 Å². The highest BCUT2D eigenvalue weighted by Gasteiger charge is 2.28. The molecule has 2 heterocycles. The maximum absolute atomic E-state index is 12.8. The van der Waals surface area contributed by atoms with E-state index in [1.54, 1.807) is 17.0 Å². The number of carbonyl (C=O) groups excluding carboxylic acids is 3. The van der Waals surface area contributed by atoms with Crippen molar-refractivity contribution in [1.29, 1.82) is 0 Å². The molecule has 0 unspecified atom stereocenters. The Morgan fingerprint density at radius 2 is 1.59 bits per heavy atom. The minimum absolute atomic E-state index is 0.0166. The first kappa shape index (κ1) is 19.2. The molecule has 2 aromatic carbocycles. The minimum Gasteiger partial charge on any atom is -0.339 e. The molecule has 0 aromatic heterocycles. The molecule has 0 bridgehead atoms. The topological polar surface area (TPSA) is 69.7 Å². The summed E-state index contributed by atoms with van der Waals surface area (Å²) in [5, 5.41) is 2.95. The molecule has 3 amide bonds. The molecule has 29 heavy (non-hydrogen) atoms. The summed E-state index contributed by atoms with van der Waals surface area (Å²) in [4.78, 5) is 40.7. The molecule has 0 atom stereocenters. The van der Waals surface area contributed by atoms with Crippen LogP contribution in [0.3, 0.4) is 0 Å². The minimum atomic E-state index is -0.0807. The van der Waals surface area contributed by atoms with E-state index in [0.29, 0.717) is 37.9 Å². The highest BCUT2D eigenvalue weighted by molar-refractivity contribution is 5.98. The molecule has 6 heteroatoms. The molecule has 2 aliphatic rings. The van der Waals surface area contributed by atoms with Crippen LogP contribution in [0.4, 0.5) is 11.4 Å². The Labute approximate surface area is 170 Å². The predicted octanol–water partition coefficient (Wildman–Crippen LogP) is 3.30. The van der Waals surface area contributed by atoms with Crippen LogP contribution in [0.15, 0.2) is 54.6 Å². The van der Waals surface area contributed by atoms with E-state index in [0.717, 1.165) is 24.3 Å². The number of anilines is 2. The summed E-state index contributed by atoms with van der Waals surface area (Å²) >= 11 is 0. The third kappa shape index (κ3) is 4.31. The highest BCUT2D eigenvalue weighted by Crippen LogP contribution is 2.24. The standard InChI is InChI=1S/C23H25N3O3/c27-21-7-4-14-26(21)20-10-8-18(9-11-20)23(29)25-15-12-17(13-16-25)22(28)24-19-5-2-1-3-6-19/h1-3,5-6,8-11,17H,4,7,12-16H2,(H,24,28). The molecule has 4 rings (SSSR count). The van der Waals surface area contributed by atoms with Crippen molar-refractivity contribution >= 4 is 29.1 Å². The Kier molecular flexibility index (Phi) is 5.60. The molecule has 2 saturated heterocycles. The van der Waals surface area contributed by atoms with Crippen LogP contribution in [-0.4, -0.2) is 42.3 Å². The van der Waals surface area contributed by atoms with Crippen LogP contribution in [0.5, 0.6) is 0 Å². The average molecular weight is 391 g/mol. The number of hydrogen-bond donors (Lipinski definition) is 1. The lowest BCUT2D eigenvalue weighted by Crippen LogP contribution is -2.41. The third-order valence-corrected chi connectivity index (χ3v) is 5.69. The van der Waals surface area contributed by atoms with Gasteiger partial charge in [0.15, 0.2) is 0 Å². The van der Waals surface area contributed by atoms with E-state index in [1.807, 2.05) is 47.4 Å². The van der Waals surface area contributed by atoms with Crippen molar-refractivity contribution in [2.45, 2.75) is 25.7 Å². The van der Waals surface area contributed by atoms with Crippen LogP contribution in [0.25, 0.3) is 0 Å². The monoisotopic (exact) mass is 391 g/mol. The van der Waals surface area contributed by atoms with Crippen molar-refractivity contribution in [2.24, 2.45) is 5.92 Å². The molecule has 0 spiro atoms. The fraction of sp³-hybridized carbons (Fsp3) is 0.348. The van der Waals surface area contributed by atoms with Crippen molar-refractivity contribution in [3.8, 4) is 0 Å². The summed E-state index contributed by atoms with van der Waals surface area (Å²) in [5.74, 6) is 0.0527. The first-order chi connectivity index (χ1) is 14.1. The second-order valence-electron chi connectivity index (χ2n) is 7.62. The van der Waals surface area contributed by atoms with Gasteiger partial charge in [0, 0.05) is 48.9 Å². The normalized spacial score (nSPS) is 17.4. The number of nitrogens with zero attached hydrogens (tertiary/aromatic N) is 2. The van der Waals surface area contributed by atoms with E-state index >= 15 is 0 Å². The molecule has 0 saturated carbocycles. The van der Waals surface area contributed by atoms with E-state index in [-0.39, 0.29) is 23.6 Å². The van der Waals surface area contributed by atoms with Crippen LogP contribution in [0.2, 0.25) is 0 Å². The summed E-state index contributed by atoms with van der Waals surface area (Å²) in [6.07, 6.45) is 2.79. The molecule has 0 radical (unpaired) electrons. The smallest absolute Gasteiger partial charge is 0.253 e. The number of hydrogen-bond acceptors (Lipinski definition) is 3. The number of amides is 3. The molecular weight excluding hydrogens is 366 g/mol. The van der Waals surface area contributed by atoms with Gasteiger partial charge in [-0.3, -0.25) is 14.4 Å². The number of nitrogens with one attached hydrogen (secondary N) is 1. The quantitative estimate of drug-likeness (QED) is 0.869. The van der Waals surface area contributed by atoms with Gasteiger partial charge in [0.2, 0.25) is 11.8 Å². The van der Waals surface area contributed by atoms with Gasteiger partial charge in [-0.15, -0.1) is 0 Å². The van der Waals surface area contributed by atoms with Gasteiger partial charge >= 0.3 is 0 Å². The van der Waals surface area contributed by atoms with Crippen LogP contribution in [-0.2, 0) is 9.59 Å². The van der Waals surface area contributed by atoms with Gasteiger partial charge in [0.05, 0.1) is 0 Å². The van der Waals surface area contributed by atoms with E-state index in [2.05, 4.69) is 5.32 Å². The van der Waals surface area contributed by atoms with E-state index in [1.165, 1.54) is 0 Å². The molecular formula is C23H25N3O3. The zero-order valence-electron chi connectivity index (χ0n) is 16.3. The summed E-state index contributed by atoms with van der Waals surface area (Å²) in [7, 11) is 0. The molecule has 6 nitrogen and oxygen atoms in total. The number of carbonyl (C=O) groups is 3. The van der Waals surface area contributed by atoms with Crippen LogP contribution >= 0.6 is 0 Å². The summed E-state index contributed by atoms with van der Waals surface area (Å²) in [6, 6.07) is 16.7. The summed E-state index contributed by atoms with van der Waals surface area (Å²) in [5.41, 5.74) is 2.26. The van der Waals surface area contributed by atoms with Gasteiger partial charge in [0.25, 0.3) is 5.91 Å². The lowest BCUT2D eigenvalue weighted by atomic mass is 9.95. The Balaban J connectivity index is 1.32. The molecule has 2 aromatic rings. The van der Waals surface area contributed by atoms with Gasteiger partial charge in [-0.2, -0.15) is 0 Å². The molecule has 1 N–H and O–H groups in total. The Morgan fingerprint density at radius 1 is 0.897 bits per heavy atom. The maximum atomic E-state index is 12.8. The lowest BCUT2D eigenvalue weighted by Gasteiger charge is -2.31. The largest absolute Gasteiger partial charge is 0.339 e. The Bertz CT molecular complexity index is 887. The van der Waals surface area contributed by atoms with E-state index in [4.69, 9.17) is 0 Å². The molecule has 150 valence electrons. The lowest BCUT2D eigenvalue weighted by molar-refractivity contribution is -0.121. The van der Waals surface area contributed by atoms with Crippen molar-refractivity contribution in [2.75, 3.05) is 29.9 Å². The zero-order valence-corrected chi connectivity index (χ0v) is 16.3. The fourth-order valence-corrected chi connectivity index (χ4v) is 4.00. The summed E-state index contributed by atoms with van der Waals surface area (Å²) < 4.78 is 0. The maximum Gasteiger partial charge on any atom is 0.253 e. The second kappa shape index (κ2) is 8.47. The van der Waals surface area contributed by atoms with Gasteiger partial charge in [-0.1, -0.05) is 18.2 Å². The average Bonchev–Trinajstić information content (AvgIpc) is 3.20. The van der Waals surface area contributed by atoms with E-state index < -0.39 is 0 Å². The van der Waals surface area contributed by atoms with Gasteiger partial charge in [-0.25, -0.2) is 0 Å². The van der Waals surface area contributed by atoms with Crippen molar-refractivity contribution < 1.29 is 14.4 Å². The SMILES string of the molecule is O=C(Nc1ccccc1)C1CCN(C(=O)c2ccc(N3CCCC3=O)cc2)CC1. The van der Waals surface area contributed by atoms with Gasteiger partial charge in [-0.05, 0) is 55.7 Å². The fourth-order valence-electron chi connectivity index (χ4n) is 4.00. The third-order valence-electron chi connectivity index (χ3n) is 5.69. The Morgan fingerprint density at radius 3 is 2.21 bits per heavy atom. The number of para-hydroxylation sites is 1.